The number of carbonyl (C=O) groups is 2. The Morgan fingerprint density at radius 1 is 0.695 bits per heavy atom. The van der Waals surface area contributed by atoms with Gasteiger partial charge < -0.3 is 38.7 Å². The fourth-order valence-corrected chi connectivity index (χ4v) is 17.0. The SMILES string of the molecule is Cc1nc(/C=C/C(=O)N2CC(CN(C)c3nc(OCC45CCCN4C[C@H](F)C5)nc4c(F)c(-c5cccc6ccc(F)c(Cl)c56)ncc34)C2)cc(C2CN3CCCC3(COc3nc(N(C)[C@@H]4CCN(C(=O)/C=C/c5nc(C(C)(C)O)no5)C4)c4cnc(-c5cccc6ccc(F)c(Cl)c56)c(F)c4n3)C2)n1. The van der Waals surface area contributed by atoms with Crippen LogP contribution in [0.2, 0.25) is 10.0 Å². The quantitative estimate of drug-likeness (QED) is 0.0585. The van der Waals surface area contributed by atoms with Crippen molar-refractivity contribution in [2.45, 2.75) is 101 Å². The number of pyridine rings is 2. The number of fused-ring (bicyclic) bond motifs is 6. The minimum Gasteiger partial charge on any atom is -0.461 e. The van der Waals surface area contributed by atoms with Gasteiger partial charge in [0, 0.05) is 142 Å². The molecule has 6 aromatic heterocycles. The third-order valence-electron chi connectivity index (χ3n) is 21.7. The van der Waals surface area contributed by atoms with E-state index in [4.69, 9.17) is 62.1 Å². The fourth-order valence-electron chi connectivity index (χ4n) is 16.4. The maximum absolute atomic E-state index is 17.6. The highest BCUT2D eigenvalue weighted by atomic mass is 35.5. The van der Waals surface area contributed by atoms with E-state index in [2.05, 4.69) is 34.9 Å². The van der Waals surface area contributed by atoms with Gasteiger partial charge in [0.05, 0.1) is 37.6 Å². The lowest BCUT2D eigenvalue weighted by Gasteiger charge is -2.40. The molecule has 0 bridgehead atoms. The van der Waals surface area contributed by atoms with Crippen molar-refractivity contribution in [3.63, 3.8) is 0 Å². The number of anilines is 2. The van der Waals surface area contributed by atoms with E-state index in [1.165, 1.54) is 56.6 Å². The first kappa shape index (κ1) is 69.7. The summed E-state index contributed by atoms with van der Waals surface area (Å²) in [6.07, 6.45) is 12.8. The number of hydrogen-bond acceptors (Lipinski definition) is 20. The second kappa shape index (κ2) is 27.3. The van der Waals surface area contributed by atoms with Gasteiger partial charge >= 0.3 is 12.0 Å². The zero-order valence-electron chi connectivity index (χ0n) is 58.1. The summed E-state index contributed by atoms with van der Waals surface area (Å²) in [6.45, 7) is 9.59. The molecule has 29 heteroatoms. The number of carbonyl (C=O) groups excluding carboxylic acids is 2. The van der Waals surface area contributed by atoms with E-state index in [-0.39, 0.29) is 122 Å². The number of alkyl halides is 1. The van der Waals surface area contributed by atoms with Gasteiger partial charge in [-0.25, -0.2) is 31.9 Å². The van der Waals surface area contributed by atoms with Crippen molar-refractivity contribution in [2.24, 2.45) is 5.92 Å². The Morgan fingerprint density at radius 3 is 1.90 bits per heavy atom. The molecule has 0 radical (unpaired) electrons. The predicted octanol–water partition coefficient (Wildman–Crippen LogP) is 12.3. The zero-order valence-corrected chi connectivity index (χ0v) is 59.7. The van der Waals surface area contributed by atoms with E-state index in [1.54, 1.807) is 64.4 Å². The molecule has 0 spiro atoms. The van der Waals surface area contributed by atoms with Crippen LogP contribution in [0.4, 0.5) is 33.6 Å². The molecule has 105 heavy (non-hydrogen) atoms. The molecule has 6 aliphatic heterocycles. The first-order valence-corrected chi connectivity index (χ1v) is 35.9. The van der Waals surface area contributed by atoms with E-state index >= 15 is 13.2 Å². The summed E-state index contributed by atoms with van der Waals surface area (Å²) in [6, 6.07) is 17.3. The number of likely N-dealkylation sites (tertiary alicyclic amines) is 2. The van der Waals surface area contributed by atoms with Gasteiger partial charge in [0.25, 0.3) is 5.89 Å². The van der Waals surface area contributed by atoms with Crippen LogP contribution in [-0.4, -0.2) is 196 Å². The molecule has 542 valence electrons. The second-order valence-corrected chi connectivity index (χ2v) is 29.9. The highest BCUT2D eigenvalue weighted by Gasteiger charge is 2.51. The maximum Gasteiger partial charge on any atom is 0.319 e. The first-order chi connectivity index (χ1) is 50.5. The first-order valence-electron chi connectivity index (χ1n) is 35.1. The van der Waals surface area contributed by atoms with Crippen LogP contribution in [-0.2, 0) is 15.2 Å². The van der Waals surface area contributed by atoms with Crippen molar-refractivity contribution in [3.8, 4) is 34.5 Å². The molecular weight excluding hydrogens is 1400 g/mol. The van der Waals surface area contributed by atoms with E-state index in [1.807, 2.05) is 36.9 Å². The van der Waals surface area contributed by atoms with Crippen LogP contribution in [0.3, 0.4) is 0 Å². The maximum atomic E-state index is 17.6. The molecule has 6 aliphatic rings. The van der Waals surface area contributed by atoms with Crippen LogP contribution in [0, 0.1) is 36.1 Å². The number of ether oxygens (including phenoxy) is 2. The van der Waals surface area contributed by atoms with Gasteiger partial charge in [-0.2, -0.15) is 24.9 Å². The average Bonchev–Trinajstić information content (AvgIpc) is 1.23. The largest absolute Gasteiger partial charge is 0.461 e. The molecular formula is C76H73Cl2F5N16O6. The Bertz CT molecular complexity index is 5220. The topological polar surface area (TPSA) is 234 Å². The molecule has 0 saturated carbocycles. The van der Waals surface area contributed by atoms with Gasteiger partial charge in [-0.3, -0.25) is 29.4 Å². The second-order valence-electron chi connectivity index (χ2n) is 29.2. The summed E-state index contributed by atoms with van der Waals surface area (Å²) in [5.74, 6) is -2.13. The van der Waals surface area contributed by atoms with E-state index in [9.17, 15) is 23.5 Å². The molecule has 10 aromatic rings. The molecule has 16 rings (SSSR count). The summed E-state index contributed by atoms with van der Waals surface area (Å²) >= 11 is 13.1. The molecule has 6 saturated heterocycles. The summed E-state index contributed by atoms with van der Waals surface area (Å²) in [5, 5.41) is 16.1. The molecule has 12 heterocycles. The minimum atomic E-state index is -1.34. The van der Waals surface area contributed by atoms with E-state index < -0.39 is 46.1 Å². The van der Waals surface area contributed by atoms with Gasteiger partial charge in [0.15, 0.2) is 11.6 Å². The summed E-state index contributed by atoms with van der Waals surface area (Å²) in [7, 11) is 3.64. The Labute approximate surface area is 609 Å². The van der Waals surface area contributed by atoms with Gasteiger partial charge in [-0.15, -0.1) is 0 Å². The summed E-state index contributed by atoms with van der Waals surface area (Å²) in [4.78, 5) is 81.4. The normalized spacial score (nSPS) is 21.5. The lowest BCUT2D eigenvalue weighted by molar-refractivity contribution is -0.131. The molecule has 2 amide bonds. The molecule has 1 N–H and O–H groups in total. The highest BCUT2D eigenvalue weighted by molar-refractivity contribution is 6.37. The van der Waals surface area contributed by atoms with Crippen molar-refractivity contribution in [2.75, 3.05) is 96.0 Å². The smallest absolute Gasteiger partial charge is 0.319 e. The van der Waals surface area contributed by atoms with Crippen LogP contribution in [0.25, 0.3) is 78.0 Å². The molecule has 22 nitrogen and oxygen atoms in total. The Hall–Kier alpha value is -9.67. The lowest BCUT2D eigenvalue weighted by Crippen LogP contribution is -2.53. The van der Waals surface area contributed by atoms with Gasteiger partial charge in [0.2, 0.25) is 17.6 Å². The van der Waals surface area contributed by atoms with Crippen molar-refractivity contribution in [3.05, 3.63) is 154 Å². The van der Waals surface area contributed by atoms with Crippen molar-refractivity contribution in [1.82, 2.24) is 69.6 Å². The standard InChI is InChI=1S/C76H73Cl2F5N16O6/c1-41-86-47(16-20-58(101)97-34-42(35-97)33-94(4)69-51-31-84-65(49-12-6-10-43-14-17-53(80)61(77)59(43)49)63(82)67(51)89-72(91-69)104-40-76-24-9-26-99(76)37-46(79)30-76)28-55(87-41)45-29-75(23-8-25-98(75)36-45)39-103-73-90-68-52(32-85-66(64(68)83)50-13-7-11-44-15-18-54(81)62(78)60(44)50)70(92-73)95(5)48-22-27-96(38-48)57(100)21-19-56-88-71(93-105-56)74(2,3)102/h6-7,10-21,28,31-32,42,45-46,48,102H,8-9,22-27,29-30,33-40H2,1-5H3/b20-16+,21-19+/t45?,46-,48-,75?,76?/m1/s1. The number of aliphatic hydroxyl groups is 1. The predicted molar refractivity (Wildman–Crippen MR) is 386 cm³/mol. The van der Waals surface area contributed by atoms with Gasteiger partial charge in [-0.05, 0) is 107 Å². The molecule has 0 aliphatic carbocycles. The number of hydrogen-bond donors (Lipinski definition) is 1. The lowest BCUT2D eigenvalue weighted by atomic mass is 9.89. The number of halogens is 7. The Balaban J connectivity index is 0.610. The monoisotopic (exact) mass is 1470 g/mol. The fraction of sp³-hybridized carbons (Fsp3) is 0.395. The van der Waals surface area contributed by atoms with Crippen molar-refractivity contribution in [1.29, 1.82) is 0 Å². The number of rotatable bonds is 19. The molecule has 6 fully saturated rings. The number of aromatic nitrogens is 10. The molecule has 4 aromatic carbocycles. The Kier molecular flexibility index (Phi) is 18.2. The Morgan fingerprint density at radius 2 is 1.28 bits per heavy atom. The van der Waals surface area contributed by atoms with E-state index in [0.717, 1.165) is 44.5 Å². The average molecular weight is 1470 g/mol. The van der Waals surface area contributed by atoms with Crippen molar-refractivity contribution >= 4 is 102 Å². The number of benzene rings is 4. The van der Waals surface area contributed by atoms with Crippen LogP contribution in [0.1, 0.15) is 93.6 Å². The van der Waals surface area contributed by atoms with E-state index in [0.29, 0.717) is 109 Å². The van der Waals surface area contributed by atoms with Crippen molar-refractivity contribution < 1.29 is 50.6 Å². The number of aryl methyl sites for hydroxylation is 1. The van der Waals surface area contributed by atoms with Crippen LogP contribution in [0.5, 0.6) is 12.0 Å². The van der Waals surface area contributed by atoms with Crippen LogP contribution in [0.15, 0.2) is 95.8 Å². The van der Waals surface area contributed by atoms with Crippen LogP contribution >= 0.6 is 23.2 Å². The van der Waals surface area contributed by atoms with Crippen LogP contribution < -0.4 is 19.3 Å². The van der Waals surface area contributed by atoms with Gasteiger partial charge in [0.1, 0.15) is 76.5 Å². The summed E-state index contributed by atoms with van der Waals surface area (Å²) in [5.41, 5.74) is -0.765. The molecule has 5 atom stereocenters. The summed E-state index contributed by atoms with van der Waals surface area (Å²) < 4.78 is 98.0. The third kappa shape index (κ3) is 13.0. The highest BCUT2D eigenvalue weighted by Crippen LogP contribution is 2.47. The van der Waals surface area contributed by atoms with Gasteiger partial charge in [-0.1, -0.05) is 76.9 Å². The minimum absolute atomic E-state index is 0.00603. The number of amides is 2. The third-order valence-corrected chi connectivity index (χ3v) is 22.5. The molecule has 3 unspecified atom stereocenters. The number of nitrogens with zero attached hydrogens (tertiary/aromatic N) is 16. The number of likely N-dealkylation sites (N-methyl/N-ethyl adjacent to an activating group) is 1. The zero-order chi connectivity index (χ0) is 73.0.